The topological polar surface area (TPSA) is 64.3 Å². The number of rotatable bonds is 9. The molecule has 0 bridgehead atoms. The van der Waals surface area contributed by atoms with E-state index >= 15 is 0 Å². The van der Waals surface area contributed by atoms with Gasteiger partial charge in [-0.3, -0.25) is 4.79 Å². The van der Waals surface area contributed by atoms with Gasteiger partial charge in [0.2, 0.25) is 5.91 Å². The van der Waals surface area contributed by atoms with Gasteiger partial charge in [0.15, 0.2) is 0 Å². The minimum absolute atomic E-state index is 0.0491. The lowest BCUT2D eigenvalue weighted by Crippen LogP contribution is -2.29. The molecule has 0 unspecified atom stereocenters. The first-order valence-electron chi connectivity index (χ1n) is 6.91. The zero-order chi connectivity index (χ0) is 13.9. The minimum atomic E-state index is -0.0491. The number of carbonyl (C=O) groups is 1. The first-order valence-corrected chi connectivity index (χ1v) is 6.91. The van der Waals surface area contributed by atoms with Gasteiger partial charge in [-0.25, -0.2) is 0 Å². The minimum Gasteiger partial charge on any atom is -0.399 e. The van der Waals surface area contributed by atoms with Gasteiger partial charge in [0.1, 0.15) is 6.61 Å². The van der Waals surface area contributed by atoms with Crippen LogP contribution in [0, 0.1) is 0 Å². The second-order valence-corrected chi connectivity index (χ2v) is 4.60. The Labute approximate surface area is 115 Å². The van der Waals surface area contributed by atoms with Crippen LogP contribution in [0.3, 0.4) is 0 Å². The van der Waals surface area contributed by atoms with Crippen molar-refractivity contribution in [3.8, 4) is 0 Å². The van der Waals surface area contributed by atoms with Crippen LogP contribution in [0.25, 0.3) is 0 Å². The van der Waals surface area contributed by atoms with Crippen LogP contribution in [0.15, 0.2) is 24.3 Å². The van der Waals surface area contributed by atoms with Crippen LogP contribution < -0.4 is 11.1 Å². The molecule has 0 aliphatic heterocycles. The Morgan fingerprint density at radius 1 is 1.26 bits per heavy atom. The number of anilines is 1. The van der Waals surface area contributed by atoms with Gasteiger partial charge in [-0.05, 0) is 30.5 Å². The summed E-state index contributed by atoms with van der Waals surface area (Å²) in [6, 6.07) is 7.69. The fourth-order valence-electron chi connectivity index (χ4n) is 1.70. The van der Waals surface area contributed by atoms with Crippen molar-refractivity contribution in [2.75, 3.05) is 25.5 Å². The Bertz CT molecular complexity index is 363. The number of nitrogens with one attached hydrogen (secondary N) is 1. The van der Waals surface area contributed by atoms with Crippen molar-refractivity contribution in [3.05, 3.63) is 29.8 Å². The van der Waals surface area contributed by atoms with Gasteiger partial charge in [-0.15, -0.1) is 0 Å². The van der Waals surface area contributed by atoms with Gasteiger partial charge in [0, 0.05) is 18.8 Å². The highest BCUT2D eigenvalue weighted by Crippen LogP contribution is 2.05. The maximum absolute atomic E-state index is 11.5. The molecule has 0 aliphatic carbocycles. The second-order valence-electron chi connectivity index (χ2n) is 4.60. The number of nitrogen functional groups attached to an aromatic ring is 1. The summed E-state index contributed by atoms with van der Waals surface area (Å²) >= 11 is 0. The van der Waals surface area contributed by atoms with Crippen LogP contribution >= 0.6 is 0 Å². The van der Waals surface area contributed by atoms with Gasteiger partial charge in [0.25, 0.3) is 0 Å². The summed E-state index contributed by atoms with van der Waals surface area (Å²) in [5, 5.41) is 2.84. The predicted molar refractivity (Wildman–Crippen MR) is 77.9 cm³/mol. The third-order valence-electron chi connectivity index (χ3n) is 2.84. The van der Waals surface area contributed by atoms with Crippen molar-refractivity contribution in [1.29, 1.82) is 0 Å². The van der Waals surface area contributed by atoms with Crippen LogP contribution in [0.4, 0.5) is 5.69 Å². The summed E-state index contributed by atoms with van der Waals surface area (Å²) in [5.74, 6) is -0.0491. The summed E-state index contributed by atoms with van der Waals surface area (Å²) in [6.07, 6.45) is 4.15. The number of unbranched alkanes of at least 4 members (excludes halogenated alkanes) is 2. The molecule has 0 fully saturated rings. The molecule has 3 N–H and O–H groups in total. The highest BCUT2D eigenvalue weighted by Gasteiger charge is 2.00. The summed E-state index contributed by atoms with van der Waals surface area (Å²) in [4.78, 5) is 11.5. The largest absolute Gasteiger partial charge is 0.399 e. The lowest BCUT2D eigenvalue weighted by atomic mass is 10.1. The van der Waals surface area contributed by atoms with Crippen LogP contribution in [0.5, 0.6) is 0 Å². The fourth-order valence-corrected chi connectivity index (χ4v) is 1.70. The molecule has 4 heteroatoms. The van der Waals surface area contributed by atoms with E-state index in [1.807, 2.05) is 24.3 Å². The third kappa shape index (κ3) is 7.47. The van der Waals surface area contributed by atoms with Crippen LogP contribution in [0.2, 0.25) is 0 Å². The summed E-state index contributed by atoms with van der Waals surface area (Å²) < 4.78 is 5.29. The van der Waals surface area contributed by atoms with E-state index in [2.05, 4.69) is 12.2 Å². The number of benzene rings is 1. The molecule has 1 aromatic rings. The lowest BCUT2D eigenvalue weighted by molar-refractivity contribution is -0.125. The quantitative estimate of drug-likeness (QED) is 0.530. The molecule has 1 amide bonds. The number of ether oxygens (including phenoxy) is 1. The predicted octanol–water partition coefficient (Wildman–Crippen LogP) is 2.13. The monoisotopic (exact) mass is 264 g/mol. The van der Waals surface area contributed by atoms with Crippen LogP contribution in [-0.4, -0.2) is 25.7 Å². The van der Waals surface area contributed by atoms with Crippen LogP contribution in [0.1, 0.15) is 31.7 Å². The van der Waals surface area contributed by atoms with Crippen molar-refractivity contribution in [1.82, 2.24) is 5.32 Å². The maximum Gasteiger partial charge on any atom is 0.246 e. The van der Waals surface area contributed by atoms with E-state index in [0.29, 0.717) is 13.2 Å². The molecular formula is C15H24N2O2. The Hall–Kier alpha value is -1.55. The van der Waals surface area contributed by atoms with Gasteiger partial charge >= 0.3 is 0 Å². The Kier molecular flexibility index (Phi) is 7.66. The number of hydrogen-bond donors (Lipinski definition) is 2. The van der Waals surface area contributed by atoms with Crippen molar-refractivity contribution in [2.24, 2.45) is 0 Å². The van der Waals surface area contributed by atoms with Gasteiger partial charge in [-0.1, -0.05) is 31.9 Å². The van der Waals surface area contributed by atoms with Gasteiger partial charge in [0.05, 0.1) is 0 Å². The first-order chi connectivity index (χ1) is 9.22. The molecule has 19 heavy (non-hydrogen) atoms. The maximum atomic E-state index is 11.5. The highest BCUT2D eigenvalue weighted by molar-refractivity contribution is 5.77. The van der Waals surface area contributed by atoms with E-state index in [-0.39, 0.29) is 12.5 Å². The number of carbonyl (C=O) groups excluding carboxylic acids is 1. The first kappa shape index (κ1) is 15.5. The van der Waals surface area contributed by atoms with E-state index in [1.54, 1.807) is 0 Å². The molecule has 1 aromatic carbocycles. The molecule has 0 saturated heterocycles. The Morgan fingerprint density at radius 3 is 2.68 bits per heavy atom. The smallest absolute Gasteiger partial charge is 0.246 e. The molecule has 0 heterocycles. The molecule has 0 saturated carbocycles. The molecule has 0 radical (unpaired) electrons. The molecule has 0 aliphatic rings. The molecule has 4 nitrogen and oxygen atoms in total. The van der Waals surface area contributed by atoms with Crippen molar-refractivity contribution < 1.29 is 9.53 Å². The highest BCUT2D eigenvalue weighted by atomic mass is 16.5. The van der Waals surface area contributed by atoms with E-state index in [9.17, 15) is 4.79 Å². The van der Waals surface area contributed by atoms with Crippen molar-refractivity contribution >= 4 is 11.6 Å². The van der Waals surface area contributed by atoms with Gasteiger partial charge in [-0.2, -0.15) is 0 Å². The van der Waals surface area contributed by atoms with E-state index < -0.39 is 0 Å². The number of nitrogens with two attached hydrogens (primary N) is 1. The second kappa shape index (κ2) is 9.39. The van der Waals surface area contributed by atoms with E-state index in [4.69, 9.17) is 10.5 Å². The summed E-state index contributed by atoms with van der Waals surface area (Å²) in [7, 11) is 0. The number of hydrogen-bond acceptors (Lipinski definition) is 3. The summed E-state index contributed by atoms with van der Waals surface area (Å²) in [6.45, 7) is 3.59. The standard InChI is InChI=1S/C15H24N2O2/c1-2-3-4-11-19-12-15(18)17-10-9-13-5-7-14(16)8-6-13/h5-8H,2-4,9-12,16H2,1H3,(H,17,18). The van der Waals surface area contributed by atoms with E-state index in [0.717, 1.165) is 31.4 Å². The van der Waals surface area contributed by atoms with Crippen LogP contribution in [-0.2, 0) is 16.0 Å². The molecule has 106 valence electrons. The third-order valence-corrected chi connectivity index (χ3v) is 2.84. The molecule has 1 rings (SSSR count). The molecular weight excluding hydrogens is 240 g/mol. The Balaban J connectivity index is 2.05. The molecule has 0 aromatic heterocycles. The normalized spacial score (nSPS) is 10.4. The zero-order valence-corrected chi connectivity index (χ0v) is 11.7. The average Bonchev–Trinajstić information content (AvgIpc) is 2.41. The fraction of sp³-hybridized carbons (Fsp3) is 0.533. The SMILES string of the molecule is CCCCCOCC(=O)NCCc1ccc(N)cc1. The average molecular weight is 264 g/mol. The zero-order valence-electron chi connectivity index (χ0n) is 11.7. The van der Waals surface area contributed by atoms with E-state index in [1.165, 1.54) is 5.56 Å². The van der Waals surface area contributed by atoms with Crippen molar-refractivity contribution in [3.63, 3.8) is 0 Å². The number of amides is 1. The van der Waals surface area contributed by atoms with Gasteiger partial charge < -0.3 is 15.8 Å². The summed E-state index contributed by atoms with van der Waals surface area (Å²) in [5.41, 5.74) is 7.53. The van der Waals surface area contributed by atoms with Crippen molar-refractivity contribution in [2.45, 2.75) is 32.6 Å². The lowest BCUT2D eigenvalue weighted by Gasteiger charge is -2.06. The Morgan fingerprint density at radius 2 is 2.00 bits per heavy atom. The molecule has 0 spiro atoms. The molecule has 0 atom stereocenters.